The molecule has 196 valence electrons. The van der Waals surface area contributed by atoms with Gasteiger partial charge in [-0.3, -0.25) is 9.59 Å². The summed E-state index contributed by atoms with van der Waals surface area (Å²) in [4.78, 5) is 50.9. The Bertz CT molecular complexity index is 1130. The molecule has 1 aliphatic heterocycles. The largest absolute Gasteiger partial charge is 0.480 e. The summed E-state index contributed by atoms with van der Waals surface area (Å²) in [6, 6.07) is 14.3. The number of ether oxygens (including phenoxy) is 1. The van der Waals surface area contributed by atoms with E-state index in [-0.39, 0.29) is 25.0 Å². The first kappa shape index (κ1) is 26.2. The minimum Gasteiger partial charge on any atom is -0.480 e. The normalized spacial score (nSPS) is 17.2. The van der Waals surface area contributed by atoms with Crippen LogP contribution in [0.2, 0.25) is 0 Å². The van der Waals surface area contributed by atoms with Crippen molar-refractivity contribution in [3.8, 4) is 11.1 Å². The number of carbonyl (C=O) groups is 4. The molecule has 2 atom stereocenters. The van der Waals surface area contributed by atoms with Crippen molar-refractivity contribution in [2.24, 2.45) is 5.92 Å². The number of carbonyl (C=O) groups excluding carboxylic acids is 3. The fraction of sp³-hybridized carbons (Fsp3) is 0.429. The van der Waals surface area contributed by atoms with Gasteiger partial charge in [0, 0.05) is 12.5 Å². The van der Waals surface area contributed by atoms with Gasteiger partial charge in [-0.15, -0.1) is 0 Å². The lowest BCUT2D eigenvalue weighted by Crippen LogP contribution is -2.52. The van der Waals surface area contributed by atoms with Gasteiger partial charge < -0.3 is 25.4 Å². The summed E-state index contributed by atoms with van der Waals surface area (Å²) in [7, 11) is 0. The minimum absolute atomic E-state index is 0.0871. The Kier molecular flexibility index (Phi) is 8.11. The molecule has 4 rings (SSSR count). The topological polar surface area (TPSA) is 125 Å². The number of aliphatic carboxylic acids is 1. The van der Waals surface area contributed by atoms with Gasteiger partial charge in [-0.05, 0) is 47.4 Å². The highest BCUT2D eigenvalue weighted by molar-refractivity contribution is 5.92. The van der Waals surface area contributed by atoms with Crippen molar-refractivity contribution in [2.75, 3.05) is 19.7 Å². The Balaban J connectivity index is 1.30. The number of rotatable bonds is 9. The Hall–Kier alpha value is -3.88. The average Bonchev–Trinajstić information content (AvgIpc) is 3.49. The Morgan fingerprint density at radius 2 is 1.65 bits per heavy atom. The first-order valence-corrected chi connectivity index (χ1v) is 12.7. The molecule has 1 heterocycles. The predicted octanol–water partition coefficient (Wildman–Crippen LogP) is 3.13. The van der Waals surface area contributed by atoms with E-state index in [4.69, 9.17) is 4.74 Å². The van der Waals surface area contributed by atoms with Gasteiger partial charge in [-0.25, -0.2) is 9.59 Å². The van der Waals surface area contributed by atoms with Gasteiger partial charge in [0.05, 0.1) is 0 Å². The number of fused-ring (bicyclic) bond motifs is 3. The second-order valence-corrected chi connectivity index (χ2v) is 9.95. The lowest BCUT2D eigenvalue weighted by atomic mass is 9.98. The van der Waals surface area contributed by atoms with Crippen molar-refractivity contribution < 1.29 is 29.0 Å². The highest BCUT2D eigenvalue weighted by Gasteiger charge is 2.36. The van der Waals surface area contributed by atoms with Gasteiger partial charge in [0.25, 0.3) is 0 Å². The molecule has 0 unspecified atom stereocenters. The summed E-state index contributed by atoms with van der Waals surface area (Å²) in [5, 5.41) is 14.5. The van der Waals surface area contributed by atoms with Gasteiger partial charge in [0.15, 0.2) is 0 Å². The summed E-state index contributed by atoms with van der Waals surface area (Å²) < 4.78 is 5.48. The number of nitrogens with one attached hydrogen (secondary N) is 2. The van der Waals surface area contributed by atoms with Crippen molar-refractivity contribution in [3.05, 3.63) is 59.7 Å². The zero-order chi connectivity index (χ0) is 26.5. The summed E-state index contributed by atoms with van der Waals surface area (Å²) in [6.45, 7) is 3.94. The molecule has 2 aromatic rings. The second kappa shape index (κ2) is 11.5. The molecular weight excluding hydrogens is 474 g/mol. The summed E-state index contributed by atoms with van der Waals surface area (Å²) in [5.74, 6) is -2.01. The molecule has 37 heavy (non-hydrogen) atoms. The SMILES string of the molecule is CC(C)C[C@H](NC(=O)[C@@H]1CCCN1C(=O)CNC(=O)OCC1c2ccccc2-c2ccccc21)C(=O)O. The zero-order valence-electron chi connectivity index (χ0n) is 21.1. The van der Waals surface area contributed by atoms with E-state index in [0.29, 0.717) is 25.8 Å². The molecule has 9 nitrogen and oxygen atoms in total. The second-order valence-electron chi connectivity index (χ2n) is 9.95. The van der Waals surface area contributed by atoms with Gasteiger partial charge in [0.1, 0.15) is 25.2 Å². The molecule has 1 saturated heterocycles. The molecule has 0 spiro atoms. The molecule has 0 saturated carbocycles. The first-order valence-electron chi connectivity index (χ1n) is 12.7. The van der Waals surface area contributed by atoms with Crippen LogP contribution in [0.3, 0.4) is 0 Å². The number of carboxylic acid groups (broad SMARTS) is 1. The van der Waals surface area contributed by atoms with Gasteiger partial charge in [-0.1, -0.05) is 62.4 Å². The number of hydrogen-bond acceptors (Lipinski definition) is 5. The molecule has 3 amide bonds. The Labute approximate surface area is 216 Å². The number of benzene rings is 2. The van der Waals surface area contributed by atoms with E-state index in [1.54, 1.807) is 0 Å². The van der Waals surface area contributed by atoms with E-state index in [9.17, 15) is 24.3 Å². The van der Waals surface area contributed by atoms with E-state index in [1.165, 1.54) is 4.90 Å². The van der Waals surface area contributed by atoms with Crippen LogP contribution in [0.15, 0.2) is 48.5 Å². The van der Waals surface area contributed by atoms with Crippen LogP contribution in [0.1, 0.15) is 50.2 Å². The van der Waals surface area contributed by atoms with Crippen LogP contribution >= 0.6 is 0 Å². The summed E-state index contributed by atoms with van der Waals surface area (Å²) in [5.41, 5.74) is 4.43. The molecule has 1 fully saturated rings. The van der Waals surface area contributed by atoms with Crippen LogP contribution < -0.4 is 10.6 Å². The van der Waals surface area contributed by atoms with Crippen LogP contribution in [0.25, 0.3) is 11.1 Å². The molecule has 3 N–H and O–H groups in total. The standard InChI is InChI=1S/C28H33N3O6/c1-17(2)14-23(27(34)35)30-26(33)24-12-7-13-31(24)25(32)15-29-28(36)37-16-22-20-10-5-3-8-18(20)19-9-4-6-11-21(19)22/h3-6,8-11,17,22-24H,7,12-16H2,1-2H3,(H,29,36)(H,30,33)(H,34,35)/t23-,24-/m0/s1. The summed E-state index contributed by atoms with van der Waals surface area (Å²) >= 11 is 0. The van der Waals surface area contributed by atoms with E-state index in [2.05, 4.69) is 22.8 Å². The number of carboxylic acids is 1. The first-order chi connectivity index (χ1) is 17.8. The van der Waals surface area contributed by atoms with E-state index in [0.717, 1.165) is 22.3 Å². The van der Waals surface area contributed by atoms with Crippen molar-refractivity contribution in [1.29, 1.82) is 0 Å². The van der Waals surface area contributed by atoms with Crippen molar-refractivity contribution in [3.63, 3.8) is 0 Å². The molecule has 2 aromatic carbocycles. The highest BCUT2D eigenvalue weighted by atomic mass is 16.5. The van der Waals surface area contributed by atoms with Crippen LogP contribution in [-0.4, -0.2) is 65.7 Å². The average molecular weight is 508 g/mol. The van der Waals surface area contributed by atoms with Gasteiger partial charge in [0.2, 0.25) is 11.8 Å². The van der Waals surface area contributed by atoms with Crippen molar-refractivity contribution >= 4 is 23.9 Å². The van der Waals surface area contributed by atoms with Crippen LogP contribution in [0.4, 0.5) is 4.79 Å². The molecule has 9 heteroatoms. The third-order valence-electron chi connectivity index (χ3n) is 6.93. The van der Waals surface area contributed by atoms with E-state index in [1.807, 2.05) is 50.2 Å². The quantitative estimate of drug-likeness (QED) is 0.479. The third kappa shape index (κ3) is 5.93. The van der Waals surface area contributed by atoms with Crippen LogP contribution in [-0.2, 0) is 19.1 Å². The van der Waals surface area contributed by atoms with Crippen LogP contribution in [0.5, 0.6) is 0 Å². The molecule has 0 aromatic heterocycles. The predicted molar refractivity (Wildman–Crippen MR) is 137 cm³/mol. The molecular formula is C28H33N3O6. The number of hydrogen-bond donors (Lipinski definition) is 3. The number of nitrogens with zero attached hydrogens (tertiary/aromatic N) is 1. The fourth-order valence-corrected chi connectivity index (χ4v) is 5.20. The highest BCUT2D eigenvalue weighted by Crippen LogP contribution is 2.44. The minimum atomic E-state index is -1.10. The maximum atomic E-state index is 12.8. The van der Waals surface area contributed by atoms with Crippen molar-refractivity contribution in [1.82, 2.24) is 15.5 Å². The number of alkyl carbamates (subject to hydrolysis) is 1. The maximum Gasteiger partial charge on any atom is 0.407 e. The van der Waals surface area contributed by atoms with Crippen LogP contribution in [0, 0.1) is 5.92 Å². The molecule has 1 aliphatic carbocycles. The monoisotopic (exact) mass is 507 g/mol. The maximum absolute atomic E-state index is 12.8. The smallest absolute Gasteiger partial charge is 0.407 e. The molecule has 0 bridgehead atoms. The van der Waals surface area contributed by atoms with Gasteiger partial charge in [-0.2, -0.15) is 0 Å². The molecule has 2 aliphatic rings. The molecule has 0 radical (unpaired) electrons. The number of likely N-dealkylation sites (tertiary alicyclic amines) is 1. The van der Waals surface area contributed by atoms with E-state index >= 15 is 0 Å². The lowest BCUT2D eigenvalue weighted by Gasteiger charge is -2.26. The van der Waals surface area contributed by atoms with Crippen molar-refractivity contribution in [2.45, 2.75) is 51.1 Å². The zero-order valence-corrected chi connectivity index (χ0v) is 21.1. The van der Waals surface area contributed by atoms with E-state index < -0.39 is 36.0 Å². The lowest BCUT2D eigenvalue weighted by molar-refractivity contribution is -0.144. The third-order valence-corrected chi connectivity index (χ3v) is 6.93. The van der Waals surface area contributed by atoms with Gasteiger partial charge >= 0.3 is 12.1 Å². The Morgan fingerprint density at radius 1 is 1.03 bits per heavy atom. The summed E-state index contributed by atoms with van der Waals surface area (Å²) in [6.07, 6.45) is 0.650. The fourth-order valence-electron chi connectivity index (χ4n) is 5.20. The number of amides is 3. The Morgan fingerprint density at radius 3 is 2.24 bits per heavy atom.